The van der Waals surface area contributed by atoms with Gasteiger partial charge in [0.15, 0.2) is 0 Å². The first-order valence-corrected chi connectivity index (χ1v) is 5.58. The number of rotatable bonds is 4. The lowest BCUT2D eigenvalue weighted by molar-refractivity contribution is -0.120. The van der Waals surface area contributed by atoms with Crippen LogP contribution in [0.15, 0.2) is 12.1 Å². The van der Waals surface area contributed by atoms with Crippen LogP contribution in [0.1, 0.15) is 24.2 Å². The molecule has 1 aromatic carbocycles. The molecule has 19 heavy (non-hydrogen) atoms. The Kier molecular flexibility index (Phi) is 4.42. The van der Waals surface area contributed by atoms with E-state index >= 15 is 0 Å². The highest BCUT2D eigenvalue weighted by Gasteiger charge is 2.24. The zero-order valence-electron chi connectivity index (χ0n) is 10.5. The summed E-state index contributed by atoms with van der Waals surface area (Å²) >= 11 is 0. The lowest BCUT2D eigenvalue weighted by Gasteiger charge is -2.19. The quantitative estimate of drug-likeness (QED) is 0.706. The van der Waals surface area contributed by atoms with E-state index in [9.17, 15) is 18.4 Å². The summed E-state index contributed by atoms with van der Waals surface area (Å²) in [5, 5.41) is 2.29. The molecule has 0 saturated heterocycles. The van der Waals surface area contributed by atoms with Crippen molar-refractivity contribution in [2.75, 3.05) is 5.73 Å². The number of nitrogen functional groups attached to an aromatic ring is 1. The number of carbonyl (C=O) groups excluding carboxylic acids is 2. The number of anilines is 1. The Bertz CT molecular complexity index is 518. The van der Waals surface area contributed by atoms with Crippen LogP contribution >= 0.6 is 0 Å². The van der Waals surface area contributed by atoms with E-state index in [1.54, 1.807) is 13.8 Å². The Morgan fingerprint density at radius 1 is 1.21 bits per heavy atom. The van der Waals surface area contributed by atoms with Gasteiger partial charge >= 0.3 is 0 Å². The fraction of sp³-hybridized carbons (Fsp3) is 0.333. The number of hydrogen-bond donors (Lipinski definition) is 3. The topological polar surface area (TPSA) is 98.2 Å². The van der Waals surface area contributed by atoms with E-state index in [0.29, 0.717) is 6.07 Å². The SMILES string of the molecule is CC(C)C(NC(=O)c1cc(N)c(F)cc1F)C(N)=O. The standard InChI is InChI=1S/C12H15F2N3O2/c1-5(2)10(11(16)18)17-12(19)6-3-9(15)8(14)4-7(6)13/h3-5,10H,15H2,1-2H3,(H2,16,18)(H,17,19). The Hall–Kier alpha value is -2.18. The number of amides is 2. The molecule has 0 bridgehead atoms. The smallest absolute Gasteiger partial charge is 0.254 e. The first-order valence-electron chi connectivity index (χ1n) is 5.58. The van der Waals surface area contributed by atoms with Gasteiger partial charge in [-0.15, -0.1) is 0 Å². The largest absolute Gasteiger partial charge is 0.396 e. The third kappa shape index (κ3) is 3.40. The molecule has 5 nitrogen and oxygen atoms in total. The van der Waals surface area contributed by atoms with Crippen molar-refractivity contribution in [3.63, 3.8) is 0 Å². The zero-order chi connectivity index (χ0) is 14.7. The second-order valence-electron chi connectivity index (χ2n) is 4.45. The minimum Gasteiger partial charge on any atom is -0.396 e. The van der Waals surface area contributed by atoms with E-state index in [1.807, 2.05) is 0 Å². The molecular weight excluding hydrogens is 256 g/mol. The average Bonchev–Trinajstić information content (AvgIpc) is 2.29. The third-order valence-electron chi connectivity index (χ3n) is 2.59. The number of nitrogens with one attached hydrogen (secondary N) is 1. The average molecular weight is 271 g/mol. The van der Waals surface area contributed by atoms with Gasteiger partial charge in [-0.25, -0.2) is 8.78 Å². The van der Waals surface area contributed by atoms with Crippen molar-refractivity contribution >= 4 is 17.5 Å². The summed E-state index contributed by atoms with van der Waals surface area (Å²) in [6, 6.07) is 0.440. The Morgan fingerprint density at radius 2 is 1.79 bits per heavy atom. The zero-order valence-corrected chi connectivity index (χ0v) is 10.5. The first kappa shape index (κ1) is 14.9. The molecule has 0 aliphatic rings. The van der Waals surface area contributed by atoms with Gasteiger partial charge in [0, 0.05) is 6.07 Å². The summed E-state index contributed by atoms with van der Waals surface area (Å²) in [6.07, 6.45) is 0. The summed E-state index contributed by atoms with van der Waals surface area (Å²) in [7, 11) is 0. The molecule has 2 amide bonds. The van der Waals surface area contributed by atoms with Crippen LogP contribution in [0.25, 0.3) is 0 Å². The van der Waals surface area contributed by atoms with Crippen LogP contribution in [-0.2, 0) is 4.79 Å². The maximum absolute atomic E-state index is 13.5. The van der Waals surface area contributed by atoms with Crippen molar-refractivity contribution in [3.05, 3.63) is 29.3 Å². The van der Waals surface area contributed by atoms with Crippen LogP contribution in [-0.4, -0.2) is 17.9 Å². The molecule has 0 heterocycles. The molecule has 1 rings (SSSR count). The molecule has 7 heteroatoms. The van der Waals surface area contributed by atoms with Gasteiger partial charge < -0.3 is 16.8 Å². The molecule has 0 radical (unpaired) electrons. The number of hydrogen-bond acceptors (Lipinski definition) is 3. The summed E-state index contributed by atoms with van der Waals surface area (Å²) in [5.74, 6) is -3.89. The number of carbonyl (C=O) groups is 2. The van der Waals surface area contributed by atoms with Gasteiger partial charge in [0.2, 0.25) is 5.91 Å². The molecule has 0 fully saturated rings. The summed E-state index contributed by atoms with van der Waals surface area (Å²) in [6.45, 7) is 3.34. The lowest BCUT2D eigenvalue weighted by Crippen LogP contribution is -2.47. The van der Waals surface area contributed by atoms with E-state index in [0.717, 1.165) is 6.07 Å². The Morgan fingerprint density at radius 3 is 2.26 bits per heavy atom. The lowest BCUT2D eigenvalue weighted by atomic mass is 10.0. The summed E-state index contributed by atoms with van der Waals surface area (Å²) in [5.41, 5.74) is 9.59. The molecular formula is C12H15F2N3O2. The van der Waals surface area contributed by atoms with E-state index in [-0.39, 0.29) is 11.6 Å². The second-order valence-corrected chi connectivity index (χ2v) is 4.45. The second kappa shape index (κ2) is 5.64. The van der Waals surface area contributed by atoms with Gasteiger partial charge in [0.1, 0.15) is 17.7 Å². The maximum Gasteiger partial charge on any atom is 0.254 e. The van der Waals surface area contributed by atoms with E-state index in [1.165, 1.54) is 0 Å². The fourth-order valence-corrected chi connectivity index (χ4v) is 1.53. The Balaban J connectivity index is 3.01. The van der Waals surface area contributed by atoms with Crippen LogP contribution in [0.2, 0.25) is 0 Å². The van der Waals surface area contributed by atoms with Crippen LogP contribution in [0.4, 0.5) is 14.5 Å². The minimum absolute atomic E-state index is 0.262. The molecule has 0 saturated carbocycles. The molecule has 0 aliphatic heterocycles. The van der Waals surface area contributed by atoms with Crippen molar-refractivity contribution in [1.29, 1.82) is 0 Å². The van der Waals surface area contributed by atoms with Crippen LogP contribution in [0.5, 0.6) is 0 Å². The highest BCUT2D eigenvalue weighted by atomic mass is 19.1. The first-order chi connectivity index (χ1) is 8.73. The van der Waals surface area contributed by atoms with Gasteiger partial charge in [0.05, 0.1) is 11.3 Å². The minimum atomic E-state index is -1.06. The van der Waals surface area contributed by atoms with Crippen molar-refractivity contribution in [2.45, 2.75) is 19.9 Å². The molecule has 0 aromatic heterocycles. The van der Waals surface area contributed by atoms with E-state index < -0.39 is 35.1 Å². The molecule has 1 atom stereocenters. The Labute approximate surface area is 109 Å². The maximum atomic E-state index is 13.5. The number of halogens is 2. The number of primary amides is 1. The summed E-state index contributed by atoms with van der Waals surface area (Å²) < 4.78 is 26.4. The highest BCUT2D eigenvalue weighted by molar-refractivity contribution is 5.98. The predicted octanol–water partition coefficient (Wildman–Crippen LogP) is 0.787. The molecule has 1 aromatic rings. The van der Waals surface area contributed by atoms with Crippen LogP contribution in [0, 0.1) is 17.6 Å². The molecule has 0 spiro atoms. The van der Waals surface area contributed by atoms with Gasteiger partial charge in [0.25, 0.3) is 5.91 Å². The van der Waals surface area contributed by atoms with Crippen molar-refractivity contribution in [2.24, 2.45) is 11.7 Å². The van der Waals surface area contributed by atoms with Gasteiger partial charge in [-0.2, -0.15) is 0 Å². The van der Waals surface area contributed by atoms with E-state index in [4.69, 9.17) is 11.5 Å². The van der Waals surface area contributed by atoms with Crippen molar-refractivity contribution < 1.29 is 18.4 Å². The normalized spacial score (nSPS) is 12.3. The van der Waals surface area contributed by atoms with E-state index in [2.05, 4.69) is 5.32 Å². The molecule has 5 N–H and O–H groups in total. The van der Waals surface area contributed by atoms with Crippen LogP contribution in [0.3, 0.4) is 0 Å². The highest BCUT2D eigenvalue weighted by Crippen LogP contribution is 2.17. The van der Waals surface area contributed by atoms with Gasteiger partial charge in [-0.1, -0.05) is 13.8 Å². The molecule has 0 aliphatic carbocycles. The van der Waals surface area contributed by atoms with Gasteiger partial charge in [-0.05, 0) is 12.0 Å². The summed E-state index contributed by atoms with van der Waals surface area (Å²) in [4.78, 5) is 23.0. The molecule has 104 valence electrons. The van der Waals surface area contributed by atoms with Crippen LogP contribution < -0.4 is 16.8 Å². The third-order valence-corrected chi connectivity index (χ3v) is 2.59. The number of nitrogens with two attached hydrogens (primary N) is 2. The van der Waals surface area contributed by atoms with Crippen molar-refractivity contribution in [3.8, 4) is 0 Å². The fourth-order valence-electron chi connectivity index (χ4n) is 1.53. The monoisotopic (exact) mass is 271 g/mol. The predicted molar refractivity (Wildman–Crippen MR) is 66.1 cm³/mol. The number of benzene rings is 1. The molecule has 1 unspecified atom stereocenters. The van der Waals surface area contributed by atoms with Crippen molar-refractivity contribution in [1.82, 2.24) is 5.32 Å². The van der Waals surface area contributed by atoms with Gasteiger partial charge in [-0.3, -0.25) is 9.59 Å².